The van der Waals surface area contributed by atoms with Gasteiger partial charge in [0, 0.05) is 29.2 Å². The van der Waals surface area contributed by atoms with E-state index in [0.29, 0.717) is 23.5 Å². The van der Waals surface area contributed by atoms with Gasteiger partial charge in [-0.05, 0) is 60.2 Å². The van der Waals surface area contributed by atoms with E-state index in [1.807, 2.05) is 30.3 Å². The average Bonchev–Trinajstić information content (AvgIpc) is 2.73. The van der Waals surface area contributed by atoms with Crippen LogP contribution in [0.15, 0.2) is 72.8 Å². The number of ketones is 1. The van der Waals surface area contributed by atoms with Gasteiger partial charge >= 0.3 is 6.03 Å². The summed E-state index contributed by atoms with van der Waals surface area (Å²) >= 11 is 0. The number of aromatic hydroxyl groups is 1. The van der Waals surface area contributed by atoms with Crippen LogP contribution in [0.2, 0.25) is 0 Å². The molecule has 0 aliphatic heterocycles. The molecule has 0 aliphatic carbocycles. The zero-order valence-electron chi connectivity index (χ0n) is 15.7. The van der Waals surface area contributed by atoms with Gasteiger partial charge in [0.1, 0.15) is 5.75 Å². The summed E-state index contributed by atoms with van der Waals surface area (Å²) in [6.45, 7) is 0.309. The summed E-state index contributed by atoms with van der Waals surface area (Å²) < 4.78 is 0. The van der Waals surface area contributed by atoms with E-state index in [1.54, 1.807) is 36.4 Å². The SMILES string of the molecule is NCC(=O)c1cc(O)cc(CNc2ccc(NC(=O)Nc3ccccc3)cc2)c1. The lowest BCUT2D eigenvalue weighted by atomic mass is 10.1. The smallest absolute Gasteiger partial charge is 0.323 e. The highest BCUT2D eigenvalue weighted by atomic mass is 16.3. The molecule has 7 heteroatoms. The molecule has 0 aliphatic rings. The number of carbonyl (C=O) groups is 2. The highest BCUT2D eigenvalue weighted by Crippen LogP contribution is 2.19. The predicted octanol–water partition coefficient (Wildman–Crippen LogP) is 3.79. The summed E-state index contributed by atoms with van der Waals surface area (Å²) in [5.74, 6) is -0.212. The van der Waals surface area contributed by atoms with Gasteiger partial charge in [-0.3, -0.25) is 4.79 Å². The number of anilines is 3. The number of hydrogen-bond donors (Lipinski definition) is 5. The van der Waals surface area contributed by atoms with E-state index in [4.69, 9.17) is 5.73 Å². The monoisotopic (exact) mass is 390 g/mol. The molecule has 7 nitrogen and oxygen atoms in total. The first-order valence-electron chi connectivity index (χ1n) is 9.06. The fourth-order valence-electron chi connectivity index (χ4n) is 2.75. The highest BCUT2D eigenvalue weighted by molar-refractivity contribution is 6.00. The fourth-order valence-corrected chi connectivity index (χ4v) is 2.75. The molecule has 0 fully saturated rings. The molecule has 0 unspecified atom stereocenters. The molecular weight excluding hydrogens is 368 g/mol. The Balaban J connectivity index is 1.56. The quantitative estimate of drug-likeness (QED) is 0.394. The summed E-state index contributed by atoms with van der Waals surface area (Å²) in [6, 6.07) is 20.7. The minimum Gasteiger partial charge on any atom is -0.508 e. The molecule has 0 bridgehead atoms. The van der Waals surface area contributed by atoms with Crippen LogP contribution in [-0.4, -0.2) is 23.5 Å². The third kappa shape index (κ3) is 5.82. The van der Waals surface area contributed by atoms with Crippen molar-refractivity contribution in [1.29, 1.82) is 0 Å². The Morgan fingerprint density at radius 1 is 0.828 bits per heavy atom. The van der Waals surface area contributed by atoms with Gasteiger partial charge in [0.05, 0.1) is 6.54 Å². The minimum atomic E-state index is -0.325. The second-order valence-corrected chi connectivity index (χ2v) is 6.39. The Labute approximate surface area is 168 Å². The van der Waals surface area contributed by atoms with Gasteiger partial charge in [-0.1, -0.05) is 18.2 Å². The Morgan fingerprint density at radius 2 is 1.45 bits per heavy atom. The van der Waals surface area contributed by atoms with Crippen molar-refractivity contribution >= 4 is 28.9 Å². The standard InChI is InChI=1S/C22H22N4O3/c23-13-21(28)16-10-15(11-20(27)12-16)14-24-17-6-8-19(9-7-17)26-22(29)25-18-4-2-1-3-5-18/h1-12,24,27H,13-14,23H2,(H2,25,26,29). The number of amides is 2. The van der Waals surface area contributed by atoms with E-state index < -0.39 is 0 Å². The molecule has 0 atom stereocenters. The van der Waals surface area contributed by atoms with E-state index in [-0.39, 0.29) is 24.1 Å². The lowest BCUT2D eigenvalue weighted by Gasteiger charge is -2.11. The zero-order valence-corrected chi connectivity index (χ0v) is 15.7. The molecule has 2 amide bonds. The topological polar surface area (TPSA) is 116 Å². The first kappa shape index (κ1) is 19.9. The van der Waals surface area contributed by atoms with Crippen molar-refractivity contribution in [2.45, 2.75) is 6.54 Å². The molecule has 29 heavy (non-hydrogen) atoms. The van der Waals surface area contributed by atoms with Crippen molar-refractivity contribution in [1.82, 2.24) is 0 Å². The van der Waals surface area contributed by atoms with Gasteiger partial charge in [0.25, 0.3) is 0 Å². The fraction of sp³-hybridized carbons (Fsp3) is 0.0909. The van der Waals surface area contributed by atoms with E-state index in [0.717, 1.165) is 11.3 Å². The number of urea groups is 1. The second-order valence-electron chi connectivity index (χ2n) is 6.39. The van der Waals surface area contributed by atoms with Gasteiger partial charge in [-0.25, -0.2) is 4.79 Å². The molecule has 6 N–H and O–H groups in total. The minimum absolute atomic E-state index is 0.0186. The Morgan fingerprint density at radius 3 is 2.10 bits per heavy atom. The van der Waals surface area contributed by atoms with Crippen LogP contribution in [0.3, 0.4) is 0 Å². The molecule has 0 saturated heterocycles. The van der Waals surface area contributed by atoms with Crippen LogP contribution in [0.25, 0.3) is 0 Å². The third-order valence-electron chi connectivity index (χ3n) is 4.16. The van der Waals surface area contributed by atoms with E-state index >= 15 is 0 Å². The number of para-hydroxylation sites is 1. The normalized spacial score (nSPS) is 10.2. The molecule has 3 rings (SSSR count). The predicted molar refractivity (Wildman–Crippen MR) is 114 cm³/mol. The number of hydrogen-bond acceptors (Lipinski definition) is 5. The van der Waals surface area contributed by atoms with Crippen LogP contribution in [0.4, 0.5) is 21.9 Å². The third-order valence-corrected chi connectivity index (χ3v) is 4.16. The lowest BCUT2D eigenvalue weighted by molar-refractivity contribution is 0.100. The zero-order chi connectivity index (χ0) is 20.6. The number of carbonyl (C=O) groups excluding carboxylic acids is 2. The summed E-state index contributed by atoms with van der Waals surface area (Å²) in [7, 11) is 0. The van der Waals surface area contributed by atoms with Gasteiger partial charge in [0.2, 0.25) is 0 Å². The molecule has 0 aromatic heterocycles. The molecular formula is C22H22N4O3. The Kier molecular flexibility index (Phi) is 6.44. The molecule has 3 aromatic rings. The van der Waals surface area contributed by atoms with Crippen LogP contribution in [-0.2, 0) is 6.54 Å². The van der Waals surface area contributed by atoms with E-state index in [1.165, 1.54) is 6.07 Å². The summed E-state index contributed by atoms with van der Waals surface area (Å²) in [6.07, 6.45) is 0. The van der Waals surface area contributed by atoms with Gasteiger partial charge < -0.3 is 26.8 Å². The Hall–Kier alpha value is -3.84. The van der Waals surface area contributed by atoms with Gasteiger partial charge in [-0.15, -0.1) is 0 Å². The Bertz CT molecular complexity index is 989. The van der Waals surface area contributed by atoms with Crippen molar-refractivity contribution in [3.05, 3.63) is 83.9 Å². The number of nitrogens with two attached hydrogens (primary N) is 1. The van der Waals surface area contributed by atoms with Crippen molar-refractivity contribution in [3.8, 4) is 5.75 Å². The molecule has 3 aromatic carbocycles. The van der Waals surface area contributed by atoms with E-state index in [9.17, 15) is 14.7 Å². The maximum atomic E-state index is 12.0. The largest absolute Gasteiger partial charge is 0.508 e. The first-order valence-corrected chi connectivity index (χ1v) is 9.06. The maximum absolute atomic E-state index is 12.0. The number of Topliss-reactive ketones (excluding diaryl/α,β-unsaturated/α-hetero) is 1. The van der Waals surface area contributed by atoms with Gasteiger partial charge in [-0.2, -0.15) is 0 Å². The number of phenolic OH excluding ortho intramolecular Hbond substituents is 1. The average molecular weight is 390 g/mol. The number of nitrogens with one attached hydrogen (secondary N) is 3. The van der Waals surface area contributed by atoms with Crippen LogP contribution in [0, 0.1) is 0 Å². The molecule has 0 heterocycles. The molecule has 0 saturated carbocycles. The molecule has 0 radical (unpaired) electrons. The first-order chi connectivity index (χ1) is 14.0. The summed E-state index contributed by atoms with van der Waals surface area (Å²) in [4.78, 5) is 23.8. The summed E-state index contributed by atoms with van der Waals surface area (Å²) in [5, 5.41) is 18.5. The van der Waals surface area contributed by atoms with Crippen LogP contribution in [0.5, 0.6) is 5.75 Å². The maximum Gasteiger partial charge on any atom is 0.323 e. The molecule has 148 valence electrons. The van der Waals surface area contributed by atoms with Gasteiger partial charge in [0.15, 0.2) is 5.78 Å². The van der Waals surface area contributed by atoms with Crippen molar-refractivity contribution in [3.63, 3.8) is 0 Å². The number of rotatable bonds is 7. The molecule has 0 spiro atoms. The lowest BCUT2D eigenvalue weighted by Crippen LogP contribution is -2.19. The van der Waals surface area contributed by atoms with Crippen molar-refractivity contribution < 1.29 is 14.7 Å². The number of benzene rings is 3. The van der Waals surface area contributed by atoms with Crippen LogP contribution in [0.1, 0.15) is 15.9 Å². The summed E-state index contributed by atoms with van der Waals surface area (Å²) in [5.41, 5.74) is 8.71. The van der Waals surface area contributed by atoms with Crippen LogP contribution < -0.4 is 21.7 Å². The van der Waals surface area contributed by atoms with Crippen LogP contribution >= 0.6 is 0 Å². The van der Waals surface area contributed by atoms with Crippen molar-refractivity contribution in [2.75, 3.05) is 22.5 Å². The van der Waals surface area contributed by atoms with E-state index in [2.05, 4.69) is 16.0 Å². The number of phenols is 1. The second kappa shape index (κ2) is 9.38. The van der Waals surface area contributed by atoms with Crippen molar-refractivity contribution in [2.24, 2.45) is 5.73 Å². The highest BCUT2D eigenvalue weighted by Gasteiger charge is 2.07.